The highest BCUT2D eigenvalue weighted by Gasteiger charge is 2.30. The zero-order chi connectivity index (χ0) is 10.7. The molecule has 0 saturated heterocycles. The van der Waals surface area contributed by atoms with Gasteiger partial charge in [-0.15, -0.1) is 0 Å². The van der Waals surface area contributed by atoms with E-state index in [0.717, 1.165) is 0 Å². The second kappa shape index (κ2) is 4.73. The molecule has 0 aliphatic heterocycles. The Morgan fingerprint density at radius 3 is 1.92 bits per heavy atom. The number of nitrogens with one attached hydrogen (secondary N) is 1. The molecule has 1 N–H and O–H groups in total. The van der Waals surface area contributed by atoms with Gasteiger partial charge in [-0.25, -0.2) is 0 Å². The highest BCUT2D eigenvalue weighted by Crippen LogP contribution is 2.12. The zero-order valence-corrected chi connectivity index (χ0v) is 12.2. The smallest absolute Gasteiger partial charge is 0.252 e. The molecule has 4 heteroatoms. The van der Waals surface area contributed by atoms with Crippen LogP contribution in [-0.4, -0.2) is 22.8 Å². The number of rotatable bonds is 5. The summed E-state index contributed by atoms with van der Waals surface area (Å²) in [7, 11) is -2.98. The monoisotopic (exact) mass is 219 g/mol. The third kappa shape index (κ3) is 7.43. The minimum absolute atomic E-state index is 0.581. The molecule has 1 atom stereocenters. The number of hydrogen-bond acceptors (Lipinski definition) is 2. The molecule has 0 fully saturated rings. The normalized spacial score (nSPS) is 15.9. The van der Waals surface area contributed by atoms with Gasteiger partial charge in [0, 0.05) is 0 Å². The molecule has 0 aliphatic carbocycles. The van der Waals surface area contributed by atoms with Crippen molar-refractivity contribution in [2.75, 3.05) is 0 Å². The lowest BCUT2D eigenvalue weighted by Crippen LogP contribution is -2.56. The van der Waals surface area contributed by atoms with Crippen molar-refractivity contribution in [3.63, 3.8) is 0 Å². The summed E-state index contributed by atoms with van der Waals surface area (Å²) in [4.78, 5) is 3.61. The second-order valence-electron chi connectivity index (χ2n) is 5.18. The maximum absolute atomic E-state index is 6.16. The third-order valence-corrected chi connectivity index (χ3v) is 7.45. The highest BCUT2D eigenvalue weighted by atomic mass is 28.4. The first kappa shape index (κ1) is 13.4. The van der Waals surface area contributed by atoms with Gasteiger partial charge < -0.3 is 9.10 Å². The van der Waals surface area contributed by atoms with Crippen molar-refractivity contribution in [3.8, 4) is 0 Å². The lowest BCUT2D eigenvalue weighted by atomic mass is 10.3. The fraction of sp³-hybridized carbons (Fsp3) is 1.00. The van der Waals surface area contributed by atoms with E-state index < -0.39 is 16.8 Å². The Bertz CT molecular complexity index is 154. The Morgan fingerprint density at radius 1 is 1.15 bits per heavy atom. The summed E-state index contributed by atoms with van der Waals surface area (Å²) < 4.78 is 6.16. The van der Waals surface area contributed by atoms with Crippen LogP contribution < -0.4 is 4.98 Å². The van der Waals surface area contributed by atoms with E-state index in [-0.39, 0.29) is 0 Å². The van der Waals surface area contributed by atoms with Crippen LogP contribution in [0.2, 0.25) is 32.7 Å². The molecule has 0 aromatic heterocycles. The Morgan fingerprint density at radius 2 is 1.62 bits per heavy atom. The van der Waals surface area contributed by atoms with Crippen molar-refractivity contribution in [2.45, 2.75) is 59.0 Å². The van der Waals surface area contributed by atoms with E-state index in [9.17, 15) is 0 Å². The van der Waals surface area contributed by atoms with Crippen LogP contribution in [-0.2, 0) is 4.12 Å². The van der Waals surface area contributed by atoms with Gasteiger partial charge in [0.15, 0.2) is 8.32 Å². The van der Waals surface area contributed by atoms with Gasteiger partial charge in [0.05, 0.1) is 0 Å². The summed E-state index contributed by atoms with van der Waals surface area (Å²) in [6.07, 6.45) is 1.17. The first-order chi connectivity index (χ1) is 5.66. The summed E-state index contributed by atoms with van der Waals surface area (Å²) in [6, 6.07) is 0.581. The van der Waals surface area contributed by atoms with Crippen LogP contribution in [0.5, 0.6) is 0 Å². The summed E-state index contributed by atoms with van der Waals surface area (Å²) in [5.41, 5.74) is 0. The molecular formula is C9H25NOSi2. The summed E-state index contributed by atoms with van der Waals surface area (Å²) >= 11 is 0. The van der Waals surface area contributed by atoms with Crippen LogP contribution in [0.1, 0.15) is 20.3 Å². The van der Waals surface area contributed by atoms with Crippen LogP contribution in [0.15, 0.2) is 0 Å². The molecule has 0 amide bonds. The van der Waals surface area contributed by atoms with E-state index in [2.05, 4.69) is 51.6 Å². The van der Waals surface area contributed by atoms with E-state index >= 15 is 0 Å². The molecule has 0 aromatic carbocycles. The van der Waals surface area contributed by atoms with Gasteiger partial charge in [-0.05, 0) is 45.2 Å². The lowest BCUT2D eigenvalue weighted by molar-refractivity contribution is 0.497. The maximum atomic E-state index is 6.16. The molecule has 0 rings (SSSR count). The molecule has 0 saturated carbocycles. The zero-order valence-electron chi connectivity index (χ0n) is 10.2. The van der Waals surface area contributed by atoms with Crippen molar-refractivity contribution in [1.29, 1.82) is 0 Å². The first-order valence-corrected chi connectivity index (χ1v) is 11.5. The van der Waals surface area contributed by atoms with Crippen molar-refractivity contribution in [1.82, 2.24) is 4.98 Å². The fourth-order valence-electron chi connectivity index (χ4n) is 1.49. The molecular weight excluding hydrogens is 194 g/mol. The first-order valence-electron chi connectivity index (χ1n) is 5.14. The average molecular weight is 219 g/mol. The van der Waals surface area contributed by atoms with Crippen LogP contribution in [0, 0.1) is 0 Å². The predicted octanol–water partition coefficient (Wildman–Crippen LogP) is 2.93. The Kier molecular flexibility index (Phi) is 4.86. The summed E-state index contributed by atoms with van der Waals surface area (Å²) in [5.74, 6) is 0. The number of hydrogen-bond donors (Lipinski definition) is 1. The van der Waals surface area contributed by atoms with Crippen LogP contribution in [0.25, 0.3) is 0 Å². The minimum atomic E-state index is -1.61. The Hall–Kier alpha value is 0.354. The van der Waals surface area contributed by atoms with Crippen LogP contribution >= 0.6 is 0 Å². The van der Waals surface area contributed by atoms with Gasteiger partial charge in [-0.3, -0.25) is 0 Å². The van der Waals surface area contributed by atoms with E-state index in [4.69, 9.17) is 4.12 Å². The predicted molar refractivity (Wildman–Crippen MR) is 64.8 cm³/mol. The van der Waals surface area contributed by atoms with Crippen molar-refractivity contribution >= 4 is 16.8 Å². The minimum Gasteiger partial charge on any atom is -0.445 e. The molecule has 1 unspecified atom stereocenters. The molecule has 2 nitrogen and oxygen atoms in total. The molecule has 0 heterocycles. The largest absolute Gasteiger partial charge is 0.445 e. The molecule has 13 heavy (non-hydrogen) atoms. The molecule has 0 aromatic rings. The molecule has 0 spiro atoms. The van der Waals surface area contributed by atoms with E-state index in [1.807, 2.05) is 0 Å². The Labute approximate surface area is 85.4 Å². The van der Waals surface area contributed by atoms with Gasteiger partial charge in [0.1, 0.15) is 0 Å². The van der Waals surface area contributed by atoms with Crippen LogP contribution in [0.3, 0.4) is 0 Å². The van der Waals surface area contributed by atoms with Gasteiger partial charge >= 0.3 is 0 Å². The highest BCUT2D eigenvalue weighted by molar-refractivity contribution is 6.83. The third-order valence-electron chi connectivity index (χ3n) is 1.77. The van der Waals surface area contributed by atoms with E-state index in [1.165, 1.54) is 6.42 Å². The quantitative estimate of drug-likeness (QED) is 0.718. The van der Waals surface area contributed by atoms with Crippen molar-refractivity contribution in [3.05, 3.63) is 0 Å². The summed E-state index contributed by atoms with van der Waals surface area (Å²) in [6.45, 7) is 15.7. The van der Waals surface area contributed by atoms with E-state index in [0.29, 0.717) is 6.04 Å². The van der Waals surface area contributed by atoms with Crippen molar-refractivity contribution in [2.24, 2.45) is 0 Å². The van der Waals surface area contributed by atoms with Crippen molar-refractivity contribution < 1.29 is 4.12 Å². The molecule has 0 radical (unpaired) electrons. The second-order valence-corrected chi connectivity index (χ2v) is 13.5. The summed E-state index contributed by atoms with van der Waals surface area (Å²) in [5, 5.41) is 0. The maximum Gasteiger partial charge on any atom is 0.252 e. The molecule has 0 bridgehead atoms. The van der Waals surface area contributed by atoms with Gasteiger partial charge in [0.2, 0.25) is 0 Å². The standard InChI is InChI=1S/C9H25NOSi2/c1-8-9(2)10-13(6,7)11-12(3,4)5/h9-10H,8H2,1-7H3. The Balaban J connectivity index is 4.08. The van der Waals surface area contributed by atoms with Crippen LogP contribution in [0.4, 0.5) is 0 Å². The van der Waals surface area contributed by atoms with Gasteiger partial charge in [0.25, 0.3) is 8.48 Å². The SMILES string of the molecule is CCC(C)N[Si](C)(C)O[Si](C)(C)C. The van der Waals surface area contributed by atoms with Gasteiger partial charge in [-0.1, -0.05) is 13.8 Å². The lowest BCUT2D eigenvalue weighted by Gasteiger charge is -2.34. The average Bonchev–Trinajstić information content (AvgIpc) is 1.80. The molecule has 0 aliphatic rings. The molecule has 80 valence electrons. The topological polar surface area (TPSA) is 21.3 Å². The fourth-order valence-corrected chi connectivity index (χ4v) is 9.24. The van der Waals surface area contributed by atoms with Gasteiger partial charge in [-0.2, -0.15) is 0 Å². The van der Waals surface area contributed by atoms with E-state index in [1.54, 1.807) is 0 Å².